The summed E-state index contributed by atoms with van der Waals surface area (Å²) in [6, 6.07) is 13.9. The fourth-order valence-corrected chi connectivity index (χ4v) is 2.66. The van der Waals surface area contributed by atoms with Gasteiger partial charge in [0.2, 0.25) is 0 Å². The van der Waals surface area contributed by atoms with Crippen LogP contribution in [0, 0.1) is 5.82 Å². The number of hydrogen-bond acceptors (Lipinski definition) is 2. The molecule has 108 valence electrons. The van der Waals surface area contributed by atoms with E-state index in [1.807, 2.05) is 28.8 Å². The highest BCUT2D eigenvalue weighted by molar-refractivity contribution is 5.79. The zero-order valence-corrected chi connectivity index (χ0v) is 11.6. The average Bonchev–Trinajstić information content (AvgIpc) is 2.92. The van der Waals surface area contributed by atoms with Crippen LogP contribution in [-0.4, -0.2) is 14.5 Å². The fraction of sp³-hybridized carbons (Fsp3) is 0.0588. The summed E-state index contributed by atoms with van der Waals surface area (Å²) in [5.74, 6) is -0.364. The van der Waals surface area contributed by atoms with E-state index in [-0.39, 0.29) is 11.4 Å². The smallest absolute Gasteiger partial charge is 0.253 e. The predicted octanol–water partition coefficient (Wildman–Crippen LogP) is 3.07. The first-order chi connectivity index (χ1) is 10.7. The van der Waals surface area contributed by atoms with E-state index in [0.717, 1.165) is 16.4 Å². The Morgan fingerprint density at radius 3 is 2.91 bits per heavy atom. The Balaban J connectivity index is 1.82. The highest BCUT2D eigenvalue weighted by Gasteiger charge is 2.07. The number of H-pyrrole nitrogens is 1. The molecule has 0 aliphatic heterocycles. The molecular formula is C17H12FN3O. The molecule has 0 fully saturated rings. The quantitative estimate of drug-likeness (QED) is 0.617. The van der Waals surface area contributed by atoms with Gasteiger partial charge in [-0.2, -0.15) is 0 Å². The van der Waals surface area contributed by atoms with E-state index < -0.39 is 0 Å². The molecule has 4 aromatic rings. The molecule has 0 amide bonds. The van der Waals surface area contributed by atoms with E-state index in [4.69, 9.17) is 0 Å². The zero-order chi connectivity index (χ0) is 15.1. The second-order valence-corrected chi connectivity index (χ2v) is 5.22. The first-order valence-corrected chi connectivity index (χ1v) is 6.92. The third-order valence-electron chi connectivity index (χ3n) is 3.75. The van der Waals surface area contributed by atoms with Crippen molar-refractivity contribution in [3.05, 3.63) is 76.6 Å². The Kier molecular flexibility index (Phi) is 2.79. The van der Waals surface area contributed by atoms with E-state index in [2.05, 4.69) is 9.97 Å². The van der Waals surface area contributed by atoms with Gasteiger partial charge in [0.25, 0.3) is 5.56 Å². The van der Waals surface area contributed by atoms with Gasteiger partial charge in [0.05, 0.1) is 29.4 Å². The summed E-state index contributed by atoms with van der Waals surface area (Å²) in [5, 5.41) is 0.806. The third kappa shape index (κ3) is 2.07. The molecule has 2 aromatic carbocycles. The Bertz CT molecular complexity index is 1050. The summed E-state index contributed by atoms with van der Waals surface area (Å²) >= 11 is 0. The summed E-state index contributed by atoms with van der Waals surface area (Å²) in [5.41, 5.74) is 2.77. The van der Waals surface area contributed by atoms with Crippen LogP contribution in [0.2, 0.25) is 0 Å². The molecule has 0 saturated carbocycles. The molecule has 1 N–H and O–H groups in total. The normalized spacial score (nSPS) is 11.3. The molecule has 0 saturated heterocycles. The summed E-state index contributed by atoms with van der Waals surface area (Å²) in [6.45, 7) is 0.420. The molecule has 0 spiro atoms. The van der Waals surface area contributed by atoms with Gasteiger partial charge < -0.3 is 9.55 Å². The molecule has 2 heterocycles. The number of aromatic nitrogens is 3. The van der Waals surface area contributed by atoms with Crippen LogP contribution < -0.4 is 5.56 Å². The lowest BCUT2D eigenvalue weighted by Gasteiger charge is -2.06. The van der Waals surface area contributed by atoms with E-state index >= 15 is 0 Å². The molecule has 0 unspecified atom stereocenters. The van der Waals surface area contributed by atoms with Crippen LogP contribution in [0.3, 0.4) is 0 Å². The van der Waals surface area contributed by atoms with Crippen molar-refractivity contribution < 1.29 is 4.39 Å². The maximum atomic E-state index is 13.2. The minimum Gasteiger partial charge on any atom is -0.326 e. The Morgan fingerprint density at radius 2 is 2.00 bits per heavy atom. The highest BCUT2D eigenvalue weighted by atomic mass is 19.1. The minimum absolute atomic E-state index is 0.212. The maximum absolute atomic E-state index is 13.2. The monoisotopic (exact) mass is 293 g/mol. The number of para-hydroxylation sites is 2. The zero-order valence-electron chi connectivity index (χ0n) is 11.6. The van der Waals surface area contributed by atoms with Crippen LogP contribution in [0.1, 0.15) is 5.56 Å². The van der Waals surface area contributed by atoms with E-state index in [1.54, 1.807) is 18.5 Å². The van der Waals surface area contributed by atoms with Crippen LogP contribution in [0.4, 0.5) is 4.39 Å². The van der Waals surface area contributed by atoms with E-state index in [1.165, 1.54) is 12.1 Å². The Labute approximate surface area is 124 Å². The van der Waals surface area contributed by atoms with Crippen LogP contribution in [0.25, 0.3) is 21.9 Å². The van der Waals surface area contributed by atoms with Gasteiger partial charge in [0.15, 0.2) is 0 Å². The van der Waals surface area contributed by atoms with Gasteiger partial charge in [-0.1, -0.05) is 12.1 Å². The molecule has 0 radical (unpaired) electrons. The molecular weight excluding hydrogens is 281 g/mol. The second kappa shape index (κ2) is 4.80. The molecule has 0 aliphatic carbocycles. The van der Waals surface area contributed by atoms with E-state index in [0.29, 0.717) is 17.6 Å². The lowest BCUT2D eigenvalue weighted by molar-refractivity contribution is 0.629. The number of rotatable bonds is 2. The minimum atomic E-state index is -0.364. The van der Waals surface area contributed by atoms with Crippen molar-refractivity contribution >= 4 is 21.9 Å². The third-order valence-corrected chi connectivity index (χ3v) is 3.75. The molecule has 22 heavy (non-hydrogen) atoms. The summed E-state index contributed by atoms with van der Waals surface area (Å²) in [6.07, 6.45) is 1.72. The first-order valence-electron chi connectivity index (χ1n) is 6.92. The second-order valence-electron chi connectivity index (χ2n) is 5.22. The number of pyridine rings is 1. The molecule has 4 rings (SSSR count). The fourth-order valence-electron chi connectivity index (χ4n) is 2.66. The van der Waals surface area contributed by atoms with Crippen LogP contribution in [0.5, 0.6) is 0 Å². The largest absolute Gasteiger partial charge is 0.326 e. The highest BCUT2D eigenvalue weighted by Crippen LogP contribution is 2.16. The van der Waals surface area contributed by atoms with Crippen molar-refractivity contribution in [1.82, 2.24) is 14.5 Å². The van der Waals surface area contributed by atoms with Crippen LogP contribution in [-0.2, 0) is 6.54 Å². The van der Waals surface area contributed by atoms with Gasteiger partial charge in [0.1, 0.15) is 5.82 Å². The summed E-state index contributed by atoms with van der Waals surface area (Å²) in [7, 11) is 0. The van der Waals surface area contributed by atoms with Gasteiger partial charge in [0, 0.05) is 5.56 Å². The van der Waals surface area contributed by atoms with Gasteiger partial charge >= 0.3 is 0 Å². The van der Waals surface area contributed by atoms with Crippen molar-refractivity contribution in [1.29, 1.82) is 0 Å². The van der Waals surface area contributed by atoms with Crippen molar-refractivity contribution in [2.24, 2.45) is 0 Å². The van der Waals surface area contributed by atoms with Crippen LogP contribution >= 0.6 is 0 Å². The van der Waals surface area contributed by atoms with Gasteiger partial charge in [-0.15, -0.1) is 0 Å². The average molecular weight is 293 g/mol. The SMILES string of the molecule is O=c1[nH]c2cc(F)ccc2cc1Cn1cnc2ccccc21. The molecule has 0 aliphatic rings. The van der Waals surface area contributed by atoms with Crippen molar-refractivity contribution in [2.75, 3.05) is 0 Å². The number of aromatic amines is 1. The topological polar surface area (TPSA) is 50.7 Å². The Hall–Kier alpha value is -2.95. The number of nitrogens with one attached hydrogen (secondary N) is 1. The lowest BCUT2D eigenvalue weighted by atomic mass is 10.1. The van der Waals surface area contributed by atoms with Gasteiger partial charge in [-0.3, -0.25) is 4.79 Å². The van der Waals surface area contributed by atoms with Gasteiger partial charge in [-0.25, -0.2) is 9.37 Å². The van der Waals surface area contributed by atoms with Crippen molar-refractivity contribution in [3.8, 4) is 0 Å². The molecule has 2 aromatic heterocycles. The van der Waals surface area contributed by atoms with Crippen molar-refractivity contribution in [3.63, 3.8) is 0 Å². The summed E-state index contributed by atoms with van der Waals surface area (Å²) < 4.78 is 15.1. The molecule has 4 nitrogen and oxygen atoms in total. The molecule has 5 heteroatoms. The van der Waals surface area contributed by atoms with Crippen molar-refractivity contribution in [2.45, 2.75) is 6.54 Å². The number of nitrogens with zero attached hydrogens (tertiary/aromatic N) is 2. The van der Waals surface area contributed by atoms with Gasteiger partial charge in [-0.05, 0) is 41.8 Å². The Morgan fingerprint density at radius 1 is 1.14 bits per heavy atom. The van der Waals surface area contributed by atoms with Crippen LogP contribution in [0.15, 0.2) is 59.7 Å². The number of fused-ring (bicyclic) bond motifs is 2. The number of imidazole rings is 1. The first kappa shape index (κ1) is 12.8. The molecule has 0 bridgehead atoms. The van der Waals surface area contributed by atoms with E-state index in [9.17, 15) is 9.18 Å². The number of hydrogen-bond donors (Lipinski definition) is 1. The standard InChI is InChI=1S/C17H12FN3O/c18-13-6-5-11-7-12(17(22)20-15(11)8-13)9-21-10-19-14-3-1-2-4-16(14)21/h1-8,10H,9H2,(H,20,22). The molecule has 0 atom stereocenters. The number of benzene rings is 2. The lowest BCUT2D eigenvalue weighted by Crippen LogP contribution is -2.15. The predicted molar refractivity (Wildman–Crippen MR) is 83.4 cm³/mol. The number of halogens is 1. The maximum Gasteiger partial charge on any atom is 0.253 e. The summed E-state index contributed by atoms with van der Waals surface area (Å²) in [4.78, 5) is 19.2.